The predicted molar refractivity (Wildman–Crippen MR) is 80.7 cm³/mol. The van der Waals surface area contributed by atoms with Gasteiger partial charge < -0.3 is 10.8 Å². The summed E-state index contributed by atoms with van der Waals surface area (Å²) in [5.74, 6) is -0.235. The first-order chi connectivity index (χ1) is 10.1. The third kappa shape index (κ3) is 3.01. The molecule has 0 saturated heterocycles. The number of carboxylic acid groups (broad SMARTS) is 1. The van der Waals surface area contributed by atoms with E-state index in [4.69, 9.17) is 11.0 Å². The van der Waals surface area contributed by atoms with E-state index < -0.39 is 5.97 Å². The predicted octanol–water partition coefficient (Wildman–Crippen LogP) is 2.53. The molecule has 7 heteroatoms. The SMILES string of the molecule is CCCSc1nn(-c2ccc(C#N)cc2)c(N)c1C(=O)O. The van der Waals surface area contributed by atoms with Crippen LogP contribution < -0.4 is 5.73 Å². The van der Waals surface area contributed by atoms with Gasteiger partial charge in [0.15, 0.2) is 0 Å². The van der Waals surface area contributed by atoms with Gasteiger partial charge in [0, 0.05) is 0 Å². The second kappa shape index (κ2) is 6.33. The lowest BCUT2D eigenvalue weighted by atomic mass is 10.2. The molecule has 0 radical (unpaired) electrons. The molecular formula is C14H14N4O2S. The van der Waals surface area contributed by atoms with Crippen LogP contribution in [0.5, 0.6) is 0 Å². The molecular weight excluding hydrogens is 288 g/mol. The Morgan fingerprint density at radius 2 is 2.14 bits per heavy atom. The summed E-state index contributed by atoms with van der Waals surface area (Å²) in [5.41, 5.74) is 7.09. The summed E-state index contributed by atoms with van der Waals surface area (Å²) in [6.07, 6.45) is 0.910. The molecule has 1 aromatic carbocycles. The number of anilines is 1. The molecule has 0 amide bonds. The van der Waals surface area contributed by atoms with E-state index in [9.17, 15) is 9.90 Å². The minimum absolute atomic E-state index is 0.0257. The Balaban J connectivity index is 2.48. The number of hydrogen-bond acceptors (Lipinski definition) is 5. The number of rotatable bonds is 5. The van der Waals surface area contributed by atoms with E-state index >= 15 is 0 Å². The zero-order valence-electron chi connectivity index (χ0n) is 11.4. The topological polar surface area (TPSA) is 105 Å². The molecule has 0 aliphatic rings. The number of carbonyl (C=O) groups is 1. The Hall–Kier alpha value is -2.46. The standard InChI is InChI=1S/C14H14N4O2S/c1-2-7-21-13-11(14(19)20)12(16)18(17-13)10-5-3-9(8-15)4-6-10/h3-6H,2,7,16H2,1H3,(H,19,20). The van der Waals surface area contributed by atoms with E-state index in [0.717, 1.165) is 12.2 Å². The largest absolute Gasteiger partial charge is 0.477 e. The van der Waals surface area contributed by atoms with Crippen LogP contribution in [-0.4, -0.2) is 26.6 Å². The maximum absolute atomic E-state index is 11.4. The second-order valence-electron chi connectivity index (χ2n) is 4.29. The fourth-order valence-electron chi connectivity index (χ4n) is 1.78. The molecule has 108 valence electrons. The lowest BCUT2D eigenvalue weighted by Crippen LogP contribution is -2.05. The van der Waals surface area contributed by atoms with Gasteiger partial charge in [-0.2, -0.15) is 10.4 Å². The van der Waals surface area contributed by atoms with Crippen LogP contribution in [0.25, 0.3) is 5.69 Å². The highest BCUT2D eigenvalue weighted by Gasteiger charge is 2.22. The summed E-state index contributed by atoms with van der Waals surface area (Å²) in [5, 5.41) is 22.8. The lowest BCUT2D eigenvalue weighted by molar-refractivity contribution is 0.0694. The van der Waals surface area contributed by atoms with Crippen molar-refractivity contribution in [3.63, 3.8) is 0 Å². The van der Waals surface area contributed by atoms with Crippen LogP contribution in [0.4, 0.5) is 5.82 Å². The monoisotopic (exact) mass is 302 g/mol. The van der Waals surface area contributed by atoms with Crippen molar-refractivity contribution in [2.45, 2.75) is 18.4 Å². The molecule has 0 aliphatic carbocycles. The van der Waals surface area contributed by atoms with Crippen molar-refractivity contribution in [2.75, 3.05) is 11.5 Å². The van der Waals surface area contributed by atoms with Crippen molar-refractivity contribution in [3.8, 4) is 11.8 Å². The third-order valence-electron chi connectivity index (χ3n) is 2.79. The highest BCUT2D eigenvalue weighted by molar-refractivity contribution is 7.99. The van der Waals surface area contributed by atoms with Crippen LogP contribution in [-0.2, 0) is 0 Å². The van der Waals surface area contributed by atoms with Gasteiger partial charge in [-0.1, -0.05) is 6.92 Å². The van der Waals surface area contributed by atoms with E-state index in [1.54, 1.807) is 24.3 Å². The number of nitrogen functional groups attached to an aromatic ring is 1. The quantitative estimate of drug-likeness (QED) is 0.822. The molecule has 0 bridgehead atoms. The number of nitrogens with zero attached hydrogens (tertiary/aromatic N) is 3. The zero-order chi connectivity index (χ0) is 15.4. The Labute approximate surface area is 126 Å². The summed E-state index contributed by atoms with van der Waals surface area (Å²) >= 11 is 1.37. The van der Waals surface area contributed by atoms with Crippen molar-refractivity contribution in [1.82, 2.24) is 9.78 Å². The molecule has 0 saturated carbocycles. The van der Waals surface area contributed by atoms with Gasteiger partial charge in [0.2, 0.25) is 0 Å². The minimum atomic E-state index is -1.09. The molecule has 0 atom stereocenters. The van der Waals surface area contributed by atoms with Crippen molar-refractivity contribution in [2.24, 2.45) is 0 Å². The van der Waals surface area contributed by atoms with Gasteiger partial charge in [-0.15, -0.1) is 11.8 Å². The maximum atomic E-state index is 11.4. The van der Waals surface area contributed by atoms with Crippen molar-refractivity contribution >= 4 is 23.5 Å². The normalized spacial score (nSPS) is 10.3. The highest BCUT2D eigenvalue weighted by Crippen LogP contribution is 2.29. The van der Waals surface area contributed by atoms with Gasteiger partial charge in [0.1, 0.15) is 16.4 Å². The van der Waals surface area contributed by atoms with Gasteiger partial charge in [-0.05, 0) is 36.4 Å². The van der Waals surface area contributed by atoms with Gasteiger partial charge in [-0.25, -0.2) is 9.48 Å². The van der Waals surface area contributed by atoms with Crippen LogP contribution in [0, 0.1) is 11.3 Å². The van der Waals surface area contributed by atoms with Gasteiger partial charge in [0.05, 0.1) is 17.3 Å². The van der Waals surface area contributed by atoms with Crippen LogP contribution in [0.2, 0.25) is 0 Å². The molecule has 1 aromatic heterocycles. The van der Waals surface area contributed by atoms with E-state index in [2.05, 4.69) is 5.10 Å². The summed E-state index contributed by atoms with van der Waals surface area (Å²) in [4.78, 5) is 11.4. The van der Waals surface area contributed by atoms with Crippen LogP contribution in [0.1, 0.15) is 29.3 Å². The number of nitrogens with two attached hydrogens (primary N) is 1. The smallest absolute Gasteiger partial charge is 0.342 e. The Morgan fingerprint density at radius 3 is 2.67 bits per heavy atom. The summed E-state index contributed by atoms with van der Waals surface area (Å²) < 4.78 is 1.39. The molecule has 3 N–H and O–H groups in total. The molecule has 1 heterocycles. The fourth-order valence-corrected chi connectivity index (χ4v) is 2.66. The lowest BCUT2D eigenvalue weighted by Gasteiger charge is -2.03. The Bertz CT molecular complexity index is 701. The number of thioether (sulfide) groups is 1. The first kappa shape index (κ1) is 14.9. The molecule has 0 unspecified atom stereocenters. The molecule has 21 heavy (non-hydrogen) atoms. The van der Waals surface area contributed by atoms with E-state index in [1.807, 2.05) is 13.0 Å². The average molecular weight is 302 g/mol. The van der Waals surface area contributed by atoms with Gasteiger partial charge in [0.25, 0.3) is 0 Å². The molecule has 6 nitrogen and oxygen atoms in total. The molecule has 0 spiro atoms. The maximum Gasteiger partial charge on any atom is 0.342 e. The Kier molecular flexibility index (Phi) is 4.50. The number of carboxylic acids is 1. The minimum Gasteiger partial charge on any atom is -0.477 e. The summed E-state index contributed by atoms with van der Waals surface area (Å²) in [6, 6.07) is 8.66. The number of aromatic carboxylic acids is 1. The zero-order valence-corrected chi connectivity index (χ0v) is 12.2. The fraction of sp³-hybridized carbons (Fsp3) is 0.214. The second-order valence-corrected chi connectivity index (χ2v) is 5.37. The number of hydrogen-bond donors (Lipinski definition) is 2. The number of benzene rings is 1. The molecule has 2 rings (SSSR count). The third-order valence-corrected chi connectivity index (χ3v) is 3.96. The van der Waals surface area contributed by atoms with E-state index in [1.165, 1.54) is 16.4 Å². The van der Waals surface area contributed by atoms with Gasteiger partial charge in [-0.3, -0.25) is 0 Å². The van der Waals surface area contributed by atoms with Crippen LogP contribution >= 0.6 is 11.8 Å². The molecule has 0 fully saturated rings. The Morgan fingerprint density at radius 1 is 1.48 bits per heavy atom. The van der Waals surface area contributed by atoms with E-state index in [0.29, 0.717) is 16.3 Å². The van der Waals surface area contributed by atoms with Crippen LogP contribution in [0.15, 0.2) is 29.3 Å². The average Bonchev–Trinajstić information content (AvgIpc) is 2.82. The molecule has 0 aliphatic heterocycles. The van der Waals surface area contributed by atoms with E-state index in [-0.39, 0.29) is 11.4 Å². The first-order valence-electron chi connectivity index (χ1n) is 6.33. The van der Waals surface area contributed by atoms with Crippen LogP contribution in [0.3, 0.4) is 0 Å². The van der Waals surface area contributed by atoms with Gasteiger partial charge >= 0.3 is 5.97 Å². The van der Waals surface area contributed by atoms with Crippen molar-refractivity contribution < 1.29 is 9.90 Å². The summed E-state index contributed by atoms with van der Waals surface area (Å²) in [7, 11) is 0. The van der Waals surface area contributed by atoms with Crippen molar-refractivity contribution in [1.29, 1.82) is 5.26 Å². The first-order valence-corrected chi connectivity index (χ1v) is 7.32. The van der Waals surface area contributed by atoms with Crippen molar-refractivity contribution in [3.05, 3.63) is 35.4 Å². The highest BCUT2D eigenvalue weighted by atomic mass is 32.2. The molecule has 2 aromatic rings. The number of aromatic nitrogens is 2. The summed E-state index contributed by atoms with van der Waals surface area (Å²) in [6.45, 7) is 2.01. The number of nitriles is 1.